The van der Waals surface area contributed by atoms with Crippen LogP contribution in [0.1, 0.15) is 31.2 Å². The van der Waals surface area contributed by atoms with Crippen LogP contribution in [0.5, 0.6) is 0 Å². The maximum atomic E-state index is 12.8. The fraction of sp³-hybridized carbons (Fsp3) is 0.588. The fourth-order valence-electron chi connectivity index (χ4n) is 3.51. The van der Waals surface area contributed by atoms with E-state index in [4.69, 9.17) is 0 Å². The van der Waals surface area contributed by atoms with Gasteiger partial charge in [-0.25, -0.2) is 4.39 Å². The zero-order valence-electron chi connectivity index (χ0n) is 12.4. The Kier molecular flexibility index (Phi) is 4.24. The molecule has 2 heterocycles. The highest BCUT2D eigenvalue weighted by Crippen LogP contribution is 2.36. The number of aryl methyl sites for hydroxylation is 1. The van der Waals surface area contributed by atoms with Gasteiger partial charge in [0.15, 0.2) is 0 Å². The number of benzene rings is 1. The molecule has 114 valence electrons. The number of hydrogen-bond acceptors (Lipinski definition) is 2. The lowest BCUT2D eigenvalue weighted by Crippen LogP contribution is -2.44. The number of nitrogens with zero attached hydrogens (tertiary/aromatic N) is 1. The minimum atomic E-state index is -0.225. The van der Waals surface area contributed by atoms with Crippen LogP contribution in [0.15, 0.2) is 24.3 Å². The van der Waals surface area contributed by atoms with Crippen LogP contribution in [0.2, 0.25) is 0 Å². The molecule has 2 aliphatic rings. The number of halogens is 1. The van der Waals surface area contributed by atoms with Crippen LogP contribution in [-0.4, -0.2) is 37.0 Å². The summed E-state index contributed by atoms with van der Waals surface area (Å²) in [5.41, 5.74) is 1.48. The van der Waals surface area contributed by atoms with E-state index in [1.807, 2.05) is 4.90 Å². The topological polar surface area (TPSA) is 32.3 Å². The van der Waals surface area contributed by atoms with Gasteiger partial charge in [0, 0.05) is 26.1 Å². The van der Waals surface area contributed by atoms with Crippen molar-refractivity contribution in [2.24, 2.45) is 5.41 Å². The first-order valence-corrected chi connectivity index (χ1v) is 7.90. The lowest BCUT2D eigenvalue weighted by molar-refractivity contribution is -0.133. The average Bonchev–Trinajstić information content (AvgIpc) is 2.95. The van der Waals surface area contributed by atoms with Gasteiger partial charge in [-0.05, 0) is 55.3 Å². The Labute approximate surface area is 125 Å². The van der Waals surface area contributed by atoms with Crippen LogP contribution < -0.4 is 5.32 Å². The molecule has 1 aromatic carbocycles. The molecular weight excluding hydrogens is 267 g/mol. The summed E-state index contributed by atoms with van der Waals surface area (Å²) < 4.78 is 12.8. The molecule has 0 unspecified atom stereocenters. The van der Waals surface area contributed by atoms with Gasteiger partial charge in [0.25, 0.3) is 0 Å². The Balaban J connectivity index is 1.47. The number of nitrogens with one attached hydrogen (secondary N) is 1. The molecule has 21 heavy (non-hydrogen) atoms. The van der Waals surface area contributed by atoms with Crippen molar-refractivity contribution in [3.05, 3.63) is 35.6 Å². The van der Waals surface area contributed by atoms with Gasteiger partial charge in [-0.2, -0.15) is 0 Å². The summed E-state index contributed by atoms with van der Waals surface area (Å²) in [6.07, 6.45) is 4.73. The van der Waals surface area contributed by atoms with Crippen molar-refractivity contribution in [2.75, 3.05) is 26.2 Å². The molecular formula is C17H23FN2O. The van der Waals surface area contributed by atoms with E-state index in [2.05, 4.69) is 5.32 Å². The van der Waals surface area contributed by atoms with E-state index in [1.54, 1.807) is 12.1 Å². The van der Waals surface area contributed by atoms with Gasteiger partial charge in [-0.3, -0.25) is 4.79 Å². The smallest absolute Gasteiger partial charge is 0.222 e. The van der Waals surface area contributed by atoms with E-state index in [0.717, 1.165) is 44.6 Å². The molecule has 0 radical (unpaired) electrons. The number of rotatable bonds is 3. The summed E-state index contributed by atoms with van der Waals surface area (Å²) in [7, 11) is 0. The molecule has 1 spiro atoms. The molecule has 1 aromatic rings. The summed E-state index contributed by atoms with van der Waals surface area (Å²) in [6.45, 7) is 4.02. The fourth-order valence-corrected chi connectivity index (χ4v) is 3.51. The SMILES string of the molecule is O=C(CCc1ccc(F)cc1)N1CCC2(CCNC2)CC1. The molecule has 3 nitrogen and oxygen atoms in total. The number of hydrogen-bond donors (Lipinski definition) is 1. The summed E-state index contributed by atoms with van der Waals surface area (Å²) in [5.74, 6) is 0.0108. The molecule has 1 N–H and O–H groups in total. The Hall–Kier alpha value is -1.42. The quantitative estimate of drug-likeness (QED) is 0.927. The maximum Gasteiger partial charge on any atom is 0.222 e. The second kappa shape index (κ2) is 6.14. The summed E-state index contributed by atoms with van der Waals surface area (Å²) in [4.78, 5) is 14.3. The van der Waals surface area contributed by atoms with Crippen molar-refractivity contribution < 1.29 is 9.18 Å². The van der Waals surface area contributed by atoms with E-state index in [1.165, 1.54) is 18.6 Å². The van der Waals surface area contributed by atoms with Crippen LogP contribution in [0, 0.1) is 11.2 Å². The van der Waals surface area contributed by atoms with E-state index in [9.17, 15) is 9.18 Å². The molecule has 0 aliphatic carbocycles. The zero-order chi connectivity index (χ0) is 14.7. The van der Waals surface area contributed by atoms with E-state index in [-0.39, 0.29) is 11.7 Å². The molecule has 4 heteroatoms. The number of carbonyl (C=O) groups is 1. The molecule has 0 atom stereocenters. The normalized spacial score (nSPS) is 20.9. The van der Waals surface area contributed by atoms with Crippen molar-refractivity contribution in [2.45, 2.75) is 32.1 Å². The van der Waals surface area contributed by atoms with Crippen LogP contribution in [0.3, 0.4) is 0 Å². The third kappa shape index (κ3) is 3.43. The van der Waals surface area contributed by atoms with Gasteiger partial charge in [-0.15, -0.1) is 0 Å². The van der Waals surface area contributed by atoms with Crippen LogP contribution in [-0.2, 0) is 11.2 Å². The predicted octanol–water partition coefficient (Wildman–Crippen LogP) is 2.36. The van der Waals surface area contributed by atoms with E-state index in [0.29, 0.717) is 18.3 Å². The first-order valence-electron chi connectivity index (χ1n) is 7.90. The van der Waals surface area contributed by atoms with Crippen molar-refractivity contribution >= 4 is 5.91 Å². The Morgan fingerprint density at radius 1 is 1.19 bits per heavy atom. The summed E-state index contributed by atoms with van der Waals surface area (Å²) in [6, 6.07) is 6.44. The number of carbonyl (C=O) groups excluding carboxylic acids is 1. The minimum absolute atomic E-state index is 0.225. The highest BCUT2D eigenvalue weighted by atomic mass is 19.1. The predicted molar refractivity (Wildman–Crippen MR) is 80.5 cm³/mol. The largest absolute Gasteiger partial charge is 0.343 e. The number of amides is 1. The lowest BCUT2D eigenvalue weighted by atomic mass is 9.78. The molecule has 0 saturated carbocycles. The van der Waals surface area contributed by atoms with E-state index < -0.39 is 0 Å². The standard InChI is InChI=1S/C17H23FN2O/c18-15-4-1-14(2-5-15)3-6-16(21)20-11-8-17(9-12-20)7-10-19-13-17/h1-2,4-5,19H,3,6-13H2. The zero-order valence-corrected chi connectivity index (χ0v) is 12.4. The molecule has 0 aromatic heterocycles. The molecule has 1 amide bonds. The molecule has 2 aliphatic heterocycles. The summed E-state index contributed by atoms with van der Waals surface area (Å²) >= 11 is 0. The third-order valence-corrected chi connectivity index (χ3v) is 5.05. The highest BCUT2D eigenvalue weighted by Gasteiger charge is 2.37. The monoisotopic (exact) mass is 290 g/mol. The minimum Gasteiger partial charge on any atom is -0.343 e. The Bertz CT molecular complexity index is 484. The molecule has 2 fully saturated rings. The van der Waals surface area contributed by atoms with Crippen LogP contribution in [0.4, 0.5) is 4.39 Å². The Morgan fingerprint density at radius 3 is 2.52 bits per heavy atom. The average molecular weight is 290 g/mol. The first-order chi connectivity index (χ1) is 10.2. The van der Waals surface area contributed by atoms with Crippen LogP contribution in [0.25, 0.3) is 0 Å². The van der Waals surface area contributed by atoms with Gasteiger partial charge in [0.2, 0.25) is 5.91 Å². The molecule has 3 rings (SSSR count). The van der Waals surface area contributed by atoms with Gasteiger partial charge in [0.05, 0.1) is 0 Å². The second-order valence-corrected chi connectivity index (χ2v) is 6.43. The van der Waals surface area contributed by atoms with Gasteiger partial charge in [-0.1, -0.05) is 12.1 Å². The number of likely N-dealkylation sites (tertiary alicyclic amines) is 1. The van der Waals surface area contributed by atoms with E-state index >= 15 is 0 Å². The van der Waals surface area contributed by atoms with Crippen molar-refractivity contribution in [3.63, 3.8) is 0 Å². The summed E-state index contributed by atoms with van der Waals surface area (Å²) in [5, 5.41) is 3.44. The maximum absolute atomic E-state index is 12.8. The highest BCUT2D eigenvalue weighted by molar-refractivity contribution is 5.76. The third-order valence-electron chi connectivity index (χ3n) is 5.05. The number of piperidine rings is 1. The van der Waals surface area contributed by atoms with Crippen molar-refractivity contribution in [1.82, 2.24) is 10.2 Å². The first kappa shape index (κ1) is 14.5. The van der Waals surface area contributed by atoms with Crippen molar-refractivity contribution in [1.29, 1.82) is 0 Å². The molecule has 0 bridgehead atoms. The van der Waals surface area contributed by atoms with Crippen LogP contribution >= 0.6 is 0 Å². The molecule has 2 saturated heterocycles. The van der Waals surface area contributed by atoms with Gasteiger partial charge >= 0.3 is 0 Å². The van der Waals surface area contributed by atoms with Gasteiger partial charge in [0.1, 0.15) is 5.82 Å². The van der Waals surface area contributed by atoms with Crippen molar-refractivity contribution in [3.8, 4) is 0 Å². The lowest BCUT2D eigenvalue weighted by Gasteiger charge is -2.39. The van der Waals surface area contributed by atoms with Gasteiger partial charge < -0.3 is 10.2 Å². The second-order valence-electron chi connectivity index (χ2n) is 6.43. The Morgan fingerprint density at radius 2 is 1.90 bits per heavy atom.